The molecule has 3 heterocycles. The highest BCUT2D eigenvalue weighted by molar-refractivity contribution is 5.81. The number of pyridine rings is 1. The number of rotatable bonds is 2. The largest absolute Gasteiger partial charge is 0.286 e. The molecule has 1 saturated heterocycles. The fourth-order valence-corrected chi connectivity index (χ4v) is 4.36. The van der Waals surface area contributed by atoms with Gasteiger partial charge in [0.1, 0.15) is 5.65 Å². The van der Waals surface area contributed by atoms with E-state index < -0.39 is 0 Å². The third kappa shape index (κ3) is 2.17. The Morgan fingerprint density at radius 2 is 1.91 bits per heavy atom. The summed E-state index contributed by atoms with van der Waals surface area (Å²) < 4.78 is 4.09. The Morgan fingerprint density at radius 3 is 2.57 bits per heavy atom. The Kier molecular flexibility index (Phi) is 3.56. The summed E-state index contributed by atoms with van der Waals surface area (Å²) in [5.74, 6) is 0. The normalized spacial score (nSPS) is 22.2. The molecule has 2 aromatic rings. The monoisotopic (exact) mass is 314 g/mol. The highest BCUT2D eigenvalue weighted by Gasteiger charge is 2.30. The molecule has 5 nitrogen and oxygen atoms in total. The lowest BCUT2D eigenvalue weighted by Crippen LogP contribution is -2.36. The van der Waals surface area contributed by atoms with Crippen LogP contribution in [0.2, 0.25) is 0 Å². The number of aromatic nitrogens is 3. The van der Waals surface area contributed by atoms with E-state index in [9.17, 15) is 4.79 Å². The van der Waals surface area contributed by atoms with Gasteiger partial charge in [-0.25, -0.2) is 4.68 Å². The molecule has 2 aromatic heterocycles. The maximum atomic E-state index is 13.3. The van der Waals surface area contributed by atoms with Gasteiger partial charge in [-0.3, -0.25) is 14.3 Å². The van der Waals surface area contributed by atoms with Gasteiger partial charge in [-0.05, 0) is 71.5 Å². The van der Waals surface area contributed by atoms with Crippen LogP contribution < -0.4 is 5.56 Å². The van der Waals surface area contributed by atoms with Gasteiger partial charge < -0.3 is 0 Å². The lowest BCUT2D eigenvalue weighted by Gasteiger charge is -2.27. The topological polar surface area (TPSA) is 43.1 Å². The quantitative estimate of drug-likeness (QED) is 0.856. The van der Waals surface area contributed by atoms with E-state index in [1.165, 1.54) is 17.4 Å². The van der Waals surface area contributed by atoms with Gasteiger partial charge >= 0.3 is 0 Å². The van der Waals surface area contributed by atoms with Crippen molar-refractivity contribution >= 4 is 11.0 Å². The summed E-state index contributed by atoms with van der Waals surface area (Å²) >= 11 is 0. The van der Waals surface area contributed by atoms with Crippen molar-refractivity contribution < 1.29 is 0 Å². The molecule has 0 N–H and O–H groups in total. The summed E-state index contributed by atoms with van der Waals surface area (Å²) in [6, 6.07) is 0.256. The summed E-state index contributed by atoms with van der Waals surface area (Å²) in [5, 5.41) is 5.84. The van der Waals surface area contributed by atoms with E-state index in [1.54, 1.807) is 0 Å². The molecule has 0 amide bonds. The van der Waals surface area contributed by atoms with Crippen LogP contribution in [0.15, 0.2) is 11.0 Å². The molecule has 1 atom stereocenters. The van der Waals surface area contributed by atoms with Gasteiger partial charge in [0.15, 0.2) is 0 Å². The number of hydrogen-bond acceptors (Lipinski definition) is 3. The van der Waals surface area contributed by atoms with Crippen molar-refractivity contribution in [3.8, 4) is 0 Å². The Hall–Kier alpha value is -1.62. The second-order valence-corrected chi connectivity index (χ2v) is 7.36. The van der Waals surface area contributed by atoms with Crippen molar-refractivity contribution in [3.05, 3.63) is 27.7 Å². The number of nitrogens with zero attached hydrogens (tertiary/aromatic N) is 4. The van der Waals surface area contributed by atoms with Crippen molar-refractivity contribution in [3.63, 3.8) is 0 Å². The van der Waals surface area contributed by atoms with Crippen LogP contribution in [-0.4, -0.2) is 32.8 Å². The second-order valence-electron chi connectivity index (χ2n) is 7.36. The van der Waals surface area contributed by atoms with Crippen molar-refractivity contribution in [1.82, 2.24) is 19.2 Å². The van der Waals surface area contributed by atoms with Crippen LogP contribution in [0.4, 0.5) is 0 Å². The molecular weight excluding hydrogens is 288 g/mol. The van der Waals surface area contributed by atoms with E-state index in [2.05, 4.69) is 35.5 Å². The average Bonchev–Trinajstić information content (AvgIpc) is 3.15. The van der Waals surface area contributed by atoms with E-state index >= 15 is 0 Å². The summed E-state index contributed by atoms with van der Waals surface area (Å²) in [6.45, 7) is 5.34. The SMILES string of the molecule is CC(C)n1ncc2c3c(c(=O)n(C4CCCN4C)c21)CCCC3. The molecule has 1 aliphatic carbocycles. The average molecular weight is 314 g/mol. The third-order valence-electron chi connectivity index (χ3n) is 5.54. The summed E-state index contributed by atoms with van der Waals surface area (Å²) in [4.78, 5) is 15.6. The predicted molar refractivity (Wildman–Crippen MR) is 91.9 cm³/mol. The fourth-order valence-electron chi connectivity index (χ4n) is 4.36. The Bertz CT molecular complexity index is 801. The molecule has 4 rings (SSSR count). The molecule has 1 aliphatic heterocycles. The zero-order valence-corrected chi connectivity index (χ0v) is 14.4. The number of aryl methyl sites for hydroxylation is 1. The highest BCUT2D eigenvalue weighted by Crippen LogP contribution is 2.32. The van der Waals surface area contributed by atoms with Crippen molar-refractivity contribution in [2.24, 2.45) is 0 Å². The van der Waals surface area contributed by atoms with Gasteiger partial charge in [0.2, 0.25) is 0 Å². The Labute approximate surface area is 136 Å². The summed E-state index contributed by atoms with van der Waals surface area (Å²) in [7, 11) is 2.13. The van der Waals surface area contributed by atoms with E-state index in [4.69, 9.17) is 0 Å². The fraction of sp³-hybridized carbons (Fsp3) is 0.667. The van der Waals surface area contributed by atoms with Gasteiger partial charge in [-0.15, -0.1) is 0 Å². The maximum Gasteiger partial charge on any atom is 0.257 e. The van der Waals surface area contributed by atoms with Crippen LogP contribution in [0.3, 0.4) is 0 Å². The first-order valence-corrected chi connectivity index (χ1v) is 8.93. The minimum Gasteiger partial charge on any atom is -0.286 e. The molecule has 124 valence electrons. The highest BCUT2D eigenvalue weighted by atomic mass is 16.1. The number of hydrogen-bond donors (Lipinski definition) is 0. The van der Waals surface area contributed by atoms with Crippen LogP contribution in [0.5, 0.6) is 0 Å². The first kappa shape index (κ1) is 14.9. The lowest BCUT2D eigenvalue weighted by molar-refractivity contribution is 0.235. The smallest absolute Gasteiger partial charge is 0.257 e. The van der Waals surface area contributed by atoms with Gasteiger partial charge in [-0.1, -0.05) is 0 Å². The van der Waals surface area contributed by atoms with Crippen LogP contribution >= 0.6 is 0 Å². The molecule has 5 heteroatoms. The summed E-state index contributed by atoms with van der Waals surface area (Å²) in [6.07, 6.45) is 8.62. The van der Waals surface area contributed by atoms with Crippen LogP contribution in [-0.2, 0) is 12.8 Å². The molecule has 23 heavy (non-hydrogen) atoms. The molecule has 0 aromatic carbocycles. The predicted octanol–water partition coefficient (Wildman–Crippen LogP) is 2.88. The van der Waals surface area contributed by atoms with Crippen molar-refractivity contribution in [2.45, 2.75) is 64.6 Å². The summed E-state index contributed by atoms with van der Waals surface area (Å²) in [5.41, 5.74) is 3.57. The lowest BCUT2D eigenvalue weighted by atomic mass is 9.91. The number of fused-ring (bicyclic) bond motifs is 3. The van der Waals surface area contributed by atoms with Crippen molar-refractivity contribution in [1.29, 1.82) is 0 Å². The minimum atomic E-state index is 0.173. The molecular formula is C18H26N4O. The molecule has 1 unspecified atom stereocenters. The van der Waals surface area contributed by atoms with E-state index in [0.717, 1.165) is 49.9 Å². The first-order chi connectivity index (χ1) is 11.1. The molecule has 1 fully saturated rings. The minimum absolute atomic E-state index is 0.173. The molecule has 0 spiro atoms. The van der Waals surface area contributed by atoms with E-state index in [-0.39, 0.29) is 17.8 Å². The van der Waals surface area contributed by atoms with Crippen molar-refractivity contribution in [2.75, 3.05) is 13.6 Å². The van der Waals surface area contributed by atoms with Gasteiger partial charge in [0.25, 0.3) is 5.56 Å². The molecule has 0 bridgehead atoms. The van der Waals surface area contributed by atoms with E-state index in [0.29, 0.717) is 0 Å². The third-order valence-corrected chi connectivity index (χ3v) is 5.54. The van der Waals surface area contributed by atoms with E-state index in [1.807, 2.05) is 10.9 Å². The van der Waals surface area contributed by atoms with Gasteiger partial charge in [0.05, 0.1) is 12.4 Å². The zero-order valence-electron chi connectivity index (χ0n) is 14.4. The van der Waals surface area contributed by atoms with Crippen LogP contribution in [0.25, 0.3) is 11.0 Å². The van der Waals surface area contributed by atoms with Gasteiger partial charge in [0, 0.05) is 17.0 Å². The molecule has 0 saturated carbocycles. The molecule has 2 aliphatic rings. The Morgan fingerprint density at radius 1 is 1.17 bits per heavy atom. The zero-order chi connectivity index (χ0) is 16.1. The first-order valence-electron chi connectivity index (χ1n) is 8.93. The van der Waals surface area contributed by atoms with Crippen LogP contribution in [0, 0.1) is 0 Å². The maximum absolute atomic E-state index is 13.3. The Balaban J connectivity index is 2.08. The second kappa shape index (κ2) is 5.48. The van der Waals surface area contributed by atoms with Crippen LogP contribution in [0.1, 0.15) is 62.9 Å². The molecule has 0 radical (unpaired) electrons. The van der Waals surface area contributed by atoms with Gasteiger partial charge in [-0.2, -0.15) is 5.10 Å². The standard InChI is InChI=1S/C18H26N4O/c1-12(2)22-17-15(11-19-22)13-7-4-5-8-14(13)18(23)21(17)16-9-6-10-20(16)3/h11-12,16H,4-10H2,1-3H3. The number of likely N-dealkylation sites (tertiary alicyclic amines) is 1.